The number of likely N-dealkylation sites (N-methyl/N-ethyl adjacent to an activating group) is 1. The van der Waals surface area contributed by atoms with Gasteiger partial charge in [0.1, 0.15) is 19.8 Å². The van der Waals surface area contributed by atoms with Gasteiger partial charge in [-0.25, -0.2) is 4.57 Å². The maximum Gasteiger partial charge on any atom is 0.472 e. The molecule has 0 aromatic rings. The number of hydrogen-bond acceptors (Lipinski definition) is 7. The summed E-state index contributed by atoms with van der Waals surface area (Å²) in [5.41, 5.74) is 0. The first-order valence-corrected chi connectivity index (χ1v) is 20.8. The number of carbonyl (C=O) groups is 2. The predicted octanol–water partition coefficient (Wildman–Crippen LogP) is 10.1. The highest BCUT2D eigenvalue weighted by molar-refractivity contribution is 7.47. The van der Waals surface area contributed by atoms with E-state index in [-0.39, 0.29) is 25.6 Å². The lowest BCUT2D eigenvalue weighted by molar-refractivity contribution is -0.870. The molecular weight excluding hydrogens is 617 g/mol. The van der Waals surface area contributed by atoms with Crippen LogP contribution in [0.25, 0.3) is 0 Å². The molecule has 47 heavy (non-hydrogen) atoms. The number of rotatable bonds is 35. The summed E-state index contributed by atoms with van der Waals surface area (Å²) in [6.45, 7) is 4.41. The summed E-state index contributed by atoms with van der Waals surface area (Å²) in [6.07, 6.45) is 27.1. The number of ether oxygens (including phenoxy) is 2. The van der Waals surface area contributed by atoms with Crippen LogP contribution in [0, 0.1) is 0 Å². The molecule has 0 aliphatic carbocycles. The quantitative estimate of drug-likeness (QED) is 0.0303. The Morgan fingerprint density at radius 1 is 0.574 bits per heavy atom. The Labute approximate surface area is 289 Å². The Hall–Kier alpha value is -0.990. The normalized spacial score (nSPS) is 13.7. The van der Waals surface area contributed by atoms with Crippen molar-refractivity contribution in [3.05, 3.63) is 0 Å². The molecule has 9 nitrogen and oxygen atoms in total. The molecule has 2 atom stereocenters. The van der Waals surface area contributed by atoms with Gasteiger partial charge >= 0.3 is 19.8 Å². The molecule has 0 rings (SSSR count). The lowest BCUT2D eigenvalue weighted by Gasteiger charge is -2.24. The van der Waals surface area contributed by atoms with Gasteiger partial charge in [0.05, 0.1) is 27.7 Å². The maximum absolute atomic E-state index is 12.6. The van der Waals surface area contributed by atoms with Crippen LogP contribution in [0.15, 0.2) is 0 Å². The second-order valence-corrected chi connectivity index (χ2v) is 15.8. The topological polar surface area (TPSA) is 108 Å². The molecule has 0 saturated heterocycles. The fraction of sp³-hybridized carbons (Fsp3) is 0.946. The molecule has 0 bridgehead atoms. The van der Waals surface area contributed by atoms with Crippen molar-refractivity contribution in [1.82, 2.24) is 0 Å². The molecule has 0 aliphatic heterocycles. The average molecular weight is 693 g/mol. The van der Waals surface area contributed by atoms with E-state index in [9.17, 15) is 19.0 Å². The molecular formula is C37H75NO8P+. The van der Waals surface area contributed by atoms with Crippen LogP contribution in [0.2, 0.25) is 0 Å². The zero-order chi connectivity index (χ0) is 35.1. The fourth-order valence-corrected chi connectivity index (χ4v) is 6.05. The van der Waals surface area contributed by atoms with E-state index >= 15 is 0 Å². The summed E-state index contributed by atoms with van der Waals surface area (Å²) >= 11 is 0. The first kappa shape index (κ1) is 46.0. The van der Waals surface area contributed by atoms with Crippen molar-refractivity contribution in [2.45, 2.75) is 180 Å². The number of phosphoric acid groups is 1. The molecule has 0 amide bonds. The molecule has 0 heterocycles. The third-order valence-electron chi connectivity index (χ3n) is 8.39. The molecule has 0 radical (unpaired) electrons. The summed E-state index contributed by atoms with van der Waals surface area (Å²) in [5, 5.41) is 0. The van der Waals surface area contributed by atoms with E-state index in [1.54, 1.807) is 0 Å². The average Bonchev–Trinajstić information content (AvgIpc) is 3.01. The molecule has 0 aromatic carbocycles. The highest BCUT2D eigenvalue weighted by Crippen LogP contribution is 2.43. The van der Waals surface area contributed by atoms with Crippen molar-refractivity contribution in [3.8, 4) is 0 Å². The summed E-state index contributed by atoms with van der Waals surface area (Å²) < 4.78 is 34.1. The van der Waals surface area contributed by atoms with Crippen molar-refractivity contribution >= 4 is 19.8 Å². The lowest BCUT2D eigenvalue weighted by Crippen LogP contribution is -2.37. The minimum absolute atomic E-state index is 0.0363. The summed E-state index contributed by atoms with van der Waals surface area (Å²) in [6, 6.07) is 0. The minimum atomic E-state index is -4.36. The van der Waals surface area contributed by atoms with Crippen LogP contribution < -0.4 is 0 Å². The SMILES string of the molecule is CCCCCCCCCCCCCCCC(=O)OC(COC(=O)CCCCCCCCCCCC)COP(=O)(O)OCC[N+](C)(C)C. The van der Waals surface area contributed by atoms with Gasteiger partial charge in [-0.1, -0.05) is 149 Å². The highest BCUT2D eigenvalue weighted by atomic mass is 31.2. The molecule has 2 unspecified atom stereocenters. The first-order chi connectivity index (χ1) is 22.5. The van der Waals surface area contributed by atoms with Gasteiger partial charge in [-0.15, -0.1) is 0 Å². The van der Waals surface area contributed by atoms with Gasteiger partial charge in [-0.3, -0.25) is 18.6 Å². The lowest BCUT2D eigenvalue weighted by atomic mass is 10.0. The van der Waals surface area contributed by atoms with Gasteiger partial charge in [-0.05, 0) is 12.8 Å². The largest absolute Gasteiger partial charge is 0.472 e. The monoisotopic (exact) mass is 693 g/mol. The van der Waals surface area contributed by atoms with Gasteiger partial charge in [0.25, 0.3) is 0 Å². The smallest absolute Gasteiger partial charge is 0.462 e. The van der Waals surface area contributed by atoms with Crippen LogP contribution in [0.4, 0.5) is 0 Å². The maximum atomic E-state index is 12.6. The van der Waals surface area contributed by atoms with Crippen LogP contribution in [-0.4, -0.2) is 74.9 Å². The molecule has 0 spiro atoms. The number of unbranched alkanes of at least 4 members (excludes halogenated alkanes) is 21. The van der Waals surface area contributed by atoms with Crippen LogP contribution in [0.5, 0.6) is 0 Å². The molecule has 0 saturated carbocycles. The van der Waals surface area contributed by atoms with Crippen LogP contribution >= 0.6 is 7.82 Å². The Morgan fingerprint density at radius 3 is 1.36 bits per heavy atom. The van der Waals surface area contributed by atoms with Gasteiger partial charge in [-0.2, -0.15) is 0 Å². The van der Waals surface area contributed by atoms with E-state index in [0.29, 0.717) is 17.4 Å². The van der Waals surface area contributed by atoms with Crippen LogP contribution in [0.1, 0.15) is 174 Å². The van der Waals surface area contributed by atoms with Gasteiger partial charge in [0.2, 0.25) is 0 Å². The number of quaternary nitrogens is 1. The van der Waals surface area contributed by atoms with Gasteiger partial charge < -0.3 is 18.9 Å². The molecule has 0 fully saturated rings. The summed E-state index contributed by atoms with van der Waals surface area (Å²) in [4.78, 5) is 35.1. The molecule has 280 valence electrons. The van der Waals surface area contributed by atoms with E-state index < -0.39 is 26.5 Å². The van der Waals surface area contributed by atoms with E-state index in [1.165, 1.54) is 109 Å². The number of nitrogens with zero attached hydrogens (tertiary/aromatic N) is 1. The fourth-order valence-electron chi connectivity index (χ4n) is 5.31. The Morgan fingerprint density at radius 2 is 0.957 bits per heavy atom. The summed E-state index contributed by atoms with van der Waals surface area (Å²) in [5.74, 6) is -0.792. The number of esters is 2. The summed E-state index contributed by atoms with van der Waals surface area (Å²) in [7, 11) is 1.49. The number of hydrogen-bond donors (Lipinski definition) is 1. The second-order valence-electron chi connectivity index (χ2n) is 14.3. The second kappa shape index (κ2) is 31.0. The van der Waals surface area contributed by atoms with Crippen molar-refractivity contribution in [2.75, 3.05) is 47.5 Å². The number of carbonyl (C=O) groups excluding carboxylic acids is 2. The standard InChI is InChI=1S/C37H74NO8P/c1-6-8-10-12-14-16-18-19-20-22-24-26-28-30-37(40)46-35(34-45-47(41,42)44-32-31-38(3,4)5)33-43-36(39)29-27-25-23-21-17-15-13-11-9-7-2/h35H,6-34H2,1-5H3/p+1. The van der Waals surface area contributed by atoms with Crippen molar-refractivity contribution < 1.29 is 42.1 Å². The zero-order valence-electron chi connectivity index (χ0n) is 31.3. The first-order valence-electron chi connectivity index (χ1n) is 19.3. The molecule has 10 heteroatoms. The minimum Gasteiger partial charge on any atom is -0.462 e. The van der Waals surface area contributed by atoms with Crippen molar-refractivity contribution in [3.63, 3.8) is 0 Å². The van der Waals surface area contributed by atoms with Crippen LogP contribution in [-0.2, 0) is 32.7 Å². The molecule has 1 N–H and O–H groups in total. The Bertz CT molecular complexity index is 789. The van der Waals surface area contributed by atoms with E-state index in [0.717, 1.165) is 38.5 Å². The van der Waals surface area contributed by atoms with Gasteiger partial charge in [0, 0.05) is 12.8 Å². The van der Waals surface area contributed by atoms with Crippen molar-refractivity contribution in [1.29, 1.82) is 0 Å². The van der Waals surface area contributed by atoms with E-state index in [2.05, 4.69) is 13.8 Å². The molecule has 0 aromatic heterocycles. The zero-order valence-corrected chi connectivity index (χ0v) is 32.2. The van der Waals surface area contributed by atoms with E-state index in [1.807, 2.05) is 21.1 Å². The van der Waals surface area contributed by atoms with Crippen LogP contribution in [0.3, 0.4) is 0 Å². The third kappa shape index (κ3) is 34.7. The van der Waals surface area contributed by atoms with Gasteiger partial charge in [0.15, 0.2) is 6.10 Å². The van der Waals surface area contributed by atoms with Crippen molar-refractivity contribution in [2.24, 2.45) is 0 Å². The predicted molar refractivity (Wildman–Crippen MR) is 192 cm³/mol. The Balaban J connectivity index is 4.41. The Kier molecular flexibility index (Phi) is 30.4. The third-order valence-corrected chi connectivity index (χ3v) is 9.37. The van der Waals surface area contributed by atoms with E-state index in [4.69, 9.17) is 18.5 Å². The number of phosphoric ester groups is 1. The highest BCUT2D eigenvalue weighted by Gasteiger charge is 2.27. The molecule has 0 aliphatic rings.